The molecular formula is C14H14F2N2O. The van der Waals surface area contributed by atoms with Gasteiger partial charge in [-0.1, -0.05) is 6.07 Å². The molecule has 0 spiro atoms. The number of carbonyl (C=O) groups excluding carboxylic acids is 1. The third kappa shape index (κ3) is 2.16. The highest BCUT2D eigenvalue weighted by molar-refractivity contribution is 5.91. The molecule has 0 saturated carbocycles. The van der Waals surface area contributed by atoms with Crippen LogP contribution in [0.4, 0.5) is 8.78 Å². The maximum Gasteiger partial charge on any atom is 0.195 e. The molecule has 2 rings (SSSR count). The van der Waals surface area contributed by atoms with Crippen LogP contribution in [0, 0.1) is 18.6 Å². The monoisotopic (exact) mass is 264 g/mol. The maximum atomic E-state index is 13.8. The molecule has 0 atom stereocenters. The molecule has 0 radical (unpaired) electrons. The molecule has 0 N–H and O–H groups in total. The van der Waals surface area contributed by atoms with Gasteiger partial charge >= 0.3 is 0 Å². The van der Waals surface area contributed by atoms with Gasteiger partial charge in [-0.3, -0.25) is 4.79 Å². The summed E-state index contributed by atoms with van der Waals surface area (Å²) in [4.78, 5) is 15.6. The van der Waals surface area contributed by atoms with Gasteiger partial charge in [0, 0.05) is 19.2 Å². The Balaban J connectivity index is 2.74. The molecule has 100 valence electrons. The summed E-state index contributed by atoms with van der Waals surface area (Å²) in [5.74, 6) is -1.37. The van der Waals surface area contributed by atoms with Crippen LogP contribution >= 0.6 is 0 Å². The average molecular weight is 264 g/mol. The summed E-state index contributed by atoms with van der Waals surface area (Å²) in [6.07, 6.45) is 0. The number of halogens is 2. The number of nitrogens with zero attached hydrogens (tertiary/aromatic N) is 2. The van der Waals surface area contributed by atoms with Crippen LogP contribution < -0.4 is 0 Å². The standard InChI is InChI=1S/C14H14F2N2O/c1-4-18-8(2)13(17-14(18)9(3)19)12-10(15)6-5-7-11(12)16/h5-7H,4H2,1-3H3. The van der Waals surface area contributed by atoms with Gasteiger partial charge in [0.05, 0.1) is 11.3 Å². The van der Waals surface area contributed by atoms with Gasteiger partial charge in [-0.25, -0.2) is 13.8 Å². The minimum absolute atomic E-state index is 0.183. The number of aromatic nitrogens is 2. The van der Waals surface area contributed by atoms with Crippen molar-refractivity contribution < 1.29 is 13.6 Å². The number of hydrogen-bond donors (Lipinski definition) is 0. The molecule has 19 heavy (non-hydrogen) atoms. The lowest BCUT2D eigenvalue weighted by Crippen LogP contribution is -2.07. The Bertz CT molecular complexity index is 627. The molecule has 0 amide bonds. The van der Waals surface area contributed by atoms with Crippen LogP contribution in [-0.4, -0.2) is 15.3 Å². The summed E-state index contributed by atoms with van der Waals surface area (Å²) in [7, 11) is 0. The van der Waals surface area contributed by atoms with Crippen LogP contribution in [-0.2, 0) is 6.54 Å². The maximum absolute atomic E-state index is 13.8. The summed E-state index contributed by atoms with van der Waals surface area (Å²) >= 11 is 0. The third-order valence-corrected chi connectivity index (χ3v) is 3.05. The quantitative estimate of drug-likeness (QED) is 0.797. The van der Waals surface area contributed by atoms with Gasteiger partial charge in [0.2, 0.25) is 0 Å². The molecule has 0 unspecified atom stereocenters. The highest BCUT2D eigenvalue weighted by Crippen LogP contribution is 2.28. The highest BCUT2D eigenvalue weighted by Gasteiger charge is 2.21. The highest BCUT2D eigenvalue weighted by atomic mass is 19.1. The van der Waals surface area contributed by atoms with E-state index in [-0.39, 0.29) is 22.9 Å². The Morgan fingerprint density at radius 2 is 1.89 bits per heavy atom. The lowest BCUT2D eigenvalue weighted by atomic mass is 10.1. The zero-order chi connectivity index (χ0) is 14.2. The van der Waals surface area contributed by atoms with Gasteiger partial charge in [0.25, 0.3) is 0 Å². The molecule has 3 nitrogen and oxygen atoms in total. The van der Waals surface area contributed by atoms with E-state index in [1.165, 1.54) is 25.1 Å². The van der Waals surface area contributed by atoms with E-state index in [1.807, 2.05) is 6.92 Å². The predicted molar refractivity (Wildman–Crippen MR) is 68.0 cm³/mol. The van der Waals surface area contributed by atoms with Crippen molar-refractivity contribution in [2.24, 2.45) is 0 Å². The lowest BCUT2D eigenvalue weighted by molar-refractivity contribution is 0.0999. The van der Waals surface area contributed by atoms with Crippen molar-refractivity contribution >= 4 is 5.78 Å². The number of rotatable bonds is 3. The molecule has 1 aromatic heterocycles. The van der Waals surface area contributed by atoms with Gasteiger partial charge in [0.1, 0.15) is 11.6 Å². The van der Waals surface area contributed by atoms with E-state index in [1.54, 1.807) is 11.5 Å². The van der Waals surface area contributed by atoms with Crippen molar-refractivity contribution in [1.29, 1.82) is 0 Å². The van der Waals surface area contributed by atoms with Crippen molar-refractivity contribution in [2.75, 3.05) is 0 Å². The zero-order valence-electron chi connectivity index (χ0n) is 11.0. The summed E-state index contributed by atoms with van der Waals surface area (Å²) in [6.45, 7) is 5.45. The number of ketones is 1. The molecule has 5 heteroatoms. The van der Waals surface area contributed by atoms with E-state index in [2.05, 4.69) is 4.98 Å². The number of imidazole rings is 1. The first-order valence-electron chi connectivity index (χ1n) is 5.99. The van der Waals surface area contributed by atoms with Crippen molar-refractivity contribution in [3.8, 4) is 11.3 Å². The van der Waals surface area contributed by atoms with Crippen LogP contribution in [0.25, 0.3) is 11.3 Å². The molecule has 0 bridgehead atoms. The van der Waals surface area contributed by atoms with E-state index in [0.717, 1.165) is 0 Å². The van der Waals surface area contributed by atoms with Gasteiger partial charge in [0.15, 0.2) is 11.6 Å². The SMILES string of the molecule is CCn1c(C(C)=O)nc(-c2c(F)cccc2F)c1C. The molecule has 1 heterocycles. The van der Waals surface area contributed by atoms with Crippen LogP contribution in [0.2, 0.25) is 0 Å². The summed E-state index contributed by atoms with van der Waals surface area (Å²) < 4.78 is 29.2. The molecule has 0 fully saturated rings. The normalized spacial score (nSPS) is 10.8. The number of carbonyl (C=O) groups is 1. The summed E-state index contributed by atoms with van der Waals surface area (Å²) in [5.41, 5.74) is 0.578. The van der Waals surface area contributed by atoms with Crippen LogP contribution in [0.15, 0.2) is 18.2 Å². The van der Waals surface area contributed by atoms with Crippen LogP contribution in [0.3, 0.4) is 0 Å². The number of hydrogen-bond acceptors (Lipinski definition) is 2. The largest absolute Gasteiger partial charge is 0.326 e. The first-order chi connectivity index (χ1) is 8.97. The van der Waals surface area contributed by atoms with Gasteiger partial charge in [-0.05, 0) is 26.0 Å². The fourth-order valence-corrected chi connectivity index (χ4v) is 2.15. The fourth-order valence-electron chi connectivity index (χ4n) is 2.15. The summed E-state index contributed by atoms with van der Waals surface area (Å²) in [5, 5.41) is 0. The number of Topliss-reactive ketones (excluding diaryl/α,β-unsaturated/α-hetero) is 1. The Labute approximate surface area is 109 Å². The summed E-state index contributed by atoms with van der Waals surface area (Å²) in [6, 6.07) is 3.65. The van der Waals surface area contributed by atoms with E-state index < -0.39 is 11.6 Å². The molecule has 0 aliphatic rings. The first kappa shape index (κ1) is 13.4. The molecular weight excluding hydrogens is 250 g/mol. The third-order valence-electron chi connectivity index (χ3n) is 3.05. The topological polar surface area (TPSA) is 34.9 Å². The van der Waals surface area contributed by atoms with Gasteiger partial charge in [-0.2, -0.15) is 0 Å². The average Bonchev–Trinajstić information content (AvgIpc) is 2.67. The Morgan fingerprint density at radius 1 is 1.32 bits per heavy atom. The molecule has 0 saturated heterocycles. The fraction of sp³-hybridized carbons (Fsp3) is 0.286. The first-order valence-corrected chi connectivity index (χ1v) is 5.99. The van der Waals surface area contributed by atoms with E-state index in [0.29, 0.717) is 12.2 Å². The van der Waals surface area contributed by atoms with Crippen molar-refractivity contribution in [2.45, 2.75) is 27.3 Å². The van der Waals surface area contributed by atoms with Crippen molar-refractivity contribution in [3.05, 3.63) is 41.4 Å². The predicted octanol–water partition coefficient (Wildman–Crippen LogP) is 3.36. The zero-order valence-corrected chi connectivity index (χ0v) is 11.0. The van der Waals surface area contributed by atoms with Gasteiger partial charge < -0.3 is 4.57 Å². The van der Waals surface area contributed by atoms with E-state index in [4.69, 9.17) is 0 Å². The van der Waals surface area contributed by atoms with Crippen molar-refractivity contribution in [1.82, 2.24) is 9.55 Å². The number of benzene rings is 1. The van der Waals surface area contributed by atoms with Crippen molar-refractivity contribution in [3.63, 3.8) is 0 Å². The lowest BCUT2D eigenvalue weighted by Gasteiger charge is -2.05. The Morgan fingerprint density at radius 3 is 2.32 bits per heavy atom. The molecule has 1 aromatic carbocycles. The van der Waals surface area contributed by atoms with E-state index in [9.17, 15) is 13.6 Å². The molecule has 2 aromatic rings. The second-order valence-electron chi connectivity index (χ2n) is 4.27. The minimum Gasteiger partial charge on any atom is -0.326 e. The van der Waals surface area contributed by atoms with E-state index >= 15 is 0 Å². The second-order valence-corrected chi connectivity index (χ2v) is 4.27. The second kappa shape index (κ2) is 4.91. The Hall–Kier alpha value is -2.04. The van der Waals surface area contributed by atoms with Crippen LogP contribution in [0.5, 0.6) is 0 Å². The smallest absolute Gasteiger partial charge is 0.195 e. The molecule has 0 aliphatic heterocycles. The molecule has 0 aliphatic carbocycles. The minimum atomic E-state index is -0.682. The van der Waals surface area contributed by atoms with Gasteiger partial charge in [-0.15, -0.1) is 0 Å². The van der Waals surface area contributed by atoms with Crippen LogP contribution in [0.1, 0.15) is 30.2 Å². The Kier molecular flexibility index (Phi) is 3.46.